The van der Waals surface area contributed by atoms with E-state index in [0.29, 0.717) is 18.0 Å². The number of halogens is 4. The smallest absolute Gasteiger partial charge is 0.319 e. The minimum Gasteiger partial charge on any atom is -0.319 e. The molecule has 0 radical (unpaired) electrons. The van der Waals surface area contributed by atoms with E-state index in [9.17, 15) is 13.2 Å². The summed E-state index contributed by atoms with van der Waals surface area (Å²) in [5.74, 6) is 0.663. The maximum Gasteiger partial charge on any atom is 0.416 e. The van der Waals surface area contributed by atoms with Crippen LogP contribution in [0.1, 0.15) is 24.0 Å². The maximum absolute atomic E-state index is 12.8. The molecule has 6 heteroatoms. The Morgan fingerprint density at radius 3 is 2.48 bits per heavy atom. The van der Waals surface area contributed by atoms with Crippen molar-refractivity contribution in [3.63, 3.8) is 0 Å². The molecule has 0 aromatic heterocycles. The Hall–Kier alpha value is -0.780. The Morgan fingerprint density at radius 2 is 1.90 bits per heavy atom. The van der Waals surface area contributed by atoms with Crippen molar-refractivity contribution < 1.29 is 13.2 Å². The van der Waals surface area contributed by atoms with Crippen LogP contribution in [0.4, 0.5) is 13.2 Å². The van der Waals surface area contributed by atoms with E-state index in [1.165, 1.54) is 6.07 Å². The second-order valence-electron chi connectivity index (χ2n) is 5.62. The van der Waals surface area contributed by atoms with Crippen molar-refractivity contribution in [1.82, 2.24) is 10.2 Å². The Labute approximate surface area is 128 Å². The zero-order chi connectivity index (χ0) is 15.5. The molecule has 0 atom stereocenters. The van der Waals surface area contributed by atoms with Crippen LogP contribution in [-0.2, 0) is 12.7 Å². The van der Waals surface area contributed by atoms with Crippen molar-refractivity contribution in [2.45, 2.75) is 25.6 Å². The Kier molecular flexibility index (Phi) is 5.52. The van der Waals surface area contributed by atoms with E-state index in [1.54, 1.807) is 6.07 Å². The minimum absolute atomic E-state index is 0.143. The lowest BCUT2D eigenvalue weighted by molar-refractivity contribution is -0.137. The molecule has 1 aromatic carbocycles. The summed E-state index contributed by atoms with van der Waals surface area (Å²) in [7, 11) is 1.94. The number of hydrogen-bond acceptors (Lipinski definition) is 2. The molecule has 1 aliphatic rings. The van der Waals surface area contributed by atoms with Crippen LogP contribution in [0.25, 0.3) is 0 Å². The van der Waals surface area contributed by atoms with Crippen LogP contribution in [0.3, 0.4) is 0 Å². The fraction of sp³-hybridized carbons (Fsp3) is 0.600. The van der Waals surface area contributed by atoms with E-state index in [1.807, 2.05) is 7.05 Å². The van der Waals surface area contributed by atoms with Crippen molar-refractivity contribution in [1.29, 1.82) is 0 Å². The molecular weight excluding hydrogens is 301 g/mol. The molecule has 1 fully saturated rings. The highest BCUT2D eigenvalue weighted by Crippen LogP contribution is 2.32. The third kappa shape index (κ3) is 4.87. The number of rotatable bonds is 4. The van der Waals surface area contributed by atoms with E-state index >= 15 is 0 Å². The Bertz CT molecular complexity index is 468. The number of nitrogens with one attached hydrogen (secondary N) is 1. The second-order valence-corrected chi connectivity index (χ2v) is 6.06. The molecule has 1 saturated heterocycles. The molecule has 2 nitrogen and oxygen atoms in total. The summed E-state index contributed by atoms with van der Waals surface area (Å²) in [5, 5.41) is 3.32. The lowest BCUT2D eigenvalue weighted by atomic mass is 9.96. The zero-order valence-corrected chi connectivity index (χ0v) is 12.8. The molecule has 0 bridgehead atoms. The first-order valence-electron chi connectivity index (χ1n) is 7.12. The van der Waals surface area contributed by atoms with Gasteiger partial charge in [-0.25, -0.2) is 0 Å². The third-order valence-corrected chi connectivity index (χ3v) is 4.11. The SMILES string of the molecule is CNCC1CCN(Cc2cc(Cl)cc(C(F)(F)F)c2)CC1. The van der Waals surface area contributed by atoms with Crippen molar-refractivity contribution in [2.24, 2.45) is 5.92 Å². The number of nitrogens with zero attached hydrogens (tertiary/aromatic N) is 1. The molecule has 0 saturated carbocycles. The van der Waals surface area contributed by atoms with Gasteiger partial charge in [0.05, 0.1) is 5.56 Å². The van der Waals surface area contributed by atoms with Crippen LogP contribution < -0.4 is 5.32 Å². The molecular formula is C15H20ClF3N2. The van der Waals surface area contributed by atoms with Crippen molar-refractivity contribution >= 4 is 11.6 Å². The van der Waals surface area contributed by atoms with Gasteiger partial charge in [-0.3, -0.25) is 4.90 Å². The number of benzene rings is 1. The average molecular weight is 321 g/mol. The predicted octanol–water partition coefficient (Wildman–Crippen LogP) is 3.79. The topological polar surface area (TPSA) is 15.3 Å². The molecule has 1 aliphatic heterocycles. The molecule has 21 heavy (non-hydrogen) atoms. The van der Waals surface area contributed by atoms with Gasteiger partial charge in [0.15, 0.2) is 0 Å². The number of piperidine rings is 1. The number of alkyl halides is 3. The molecule has 1 aromatic rings. The van der Waals surface area contributed by atoms with Crippen LogP contribution in [0, 0.1) is 5.92 Å². The van der Waals surface area contributed by atoms with Gasteiger partial charge in [-0.05, 0) is 69.2 Å². The van der Waals surface area contributed by atoms with E-state index in [0.717, 1.165) is 38.5 Å². The van der Waals surface area contributed by atoms with Crippen LogP contribution >= 0.6 is 11.6 Å². The summed E-state index contributed by atoms with van der Waals surface area (Å²) in [6.07, 6.45) is -2.19. The van der Waals surface area contributed by atoms with Crippen LogP contribution in [0.2, 0.25) is 5.02 Å². The van der Waals surface area contributed by atoms with Crippen molar-refractivity contribution in [3.8, 4) is 0 Å². The second kappa shape index (κ2) is 6.99. The summed E-state index contributed by atoms with van der Waals surface area (Å²) < 4.78 is 38.3. The third-order valence-electron chi connectivity index (χ3n) is 3.89. The van der Waals surface area contributed by atoms with Gasteiger partial charge in [0, 0.05) is 11.6 Å². The van der Waals surface area contributed by atoms with Crippen LogP contribution in [0.5, 0.6) is 0 Å². The van der Waals surface area contributed by atoms with Crippen molar-refractivity contribution in [3.05, 3.63) is 34.3 Å². The van der Waals surface area contributed by atoms with Gasteiger partial charge in [0.1, 0.15) is 0 Å². The lowest BCUT2D eigenvalue weighted by Crippen LogP contribution is -2.36. The van der Waals surface area contributed by atoms with Gasteiger partial charge in [-0.2, -0.15) is 13.2 Å². The summed E-state index contributed by atoms with van der Waals surface area (Å²) in [6.45, 7) is 3.36. The Morgan fingerprint density at radius 1 is 1.24 bits per heavy atom. The standard InChI is InChI=1S/C15H20ClF3N2/c1-20-9-11-2-4-21(5-3-11)10-12-6-13(15(17,18)19)8-14(16)7-12/h6-8,11,20H,2-5,9-10H2,1H3. The summed E-state index contributed by atoms with van der Waals surface area (Å²) in [6, 6.07) is 3.80. The first-order chi connectivity index (χ1) is 9.88. The lowest BCUT2D eigenvalue weighted by Gasteiger charge is -2.32. The fourth-order valence-electron chi connectivity index (χ4n) is 2.80. The molecule has 2 rings (SSSR count). The van der Waals surface area contributed by atoms with Gasteiger partial charge >= 0.3 is 6.18 Å². The maximum atomic E-state index is 12.8. The average Bonchev–Trinajstić information content (AvgIpc) is 2.40. The molecule has 0 spiro atoms. The van der Waals surface area contributed by atoms with Gasteiger partial charge in [0.2, 0.25) is 0 Å². The highest BCUT2D eigenvalue weighted by Gasteiger charge is 2.31. The molecule has 0 unspecified atom stereocenters. The fourth-order valence-corrected chi connectivity index (χ4v) is 3.06. The van der Waals surface area contributed by atoms with E-state index < -0.39 is 11.7 Å². The van der Waals surface area contributed by atoms with E-state index in [2.05, 4.69) is 10.2 Å². The highest BCUT2D eigenvalue weighted by molar-refractivity contribution is 6.30. The number of likely N-dealkylation sites (tertiary alicyclic amines) is 1. The predicted molar refractivity (Wildman–Crippen MR) is 78.4 cm³/mol. The largest absolute Gasteiger partial charge is 0.416 e. The molecule has 1 heterocycles. The van der Waals surface area contributed by atoms with Crippen LogP contribution in [0.15, 0.2) is 18.2 Å². The van der Waals surface area contributed by atoms with Gasteiger partial charge < -0.3 is 5.32 Å². The normalized spacial score (nSPS) is 18.1. The van der Waals surface area contributed by atoms with Gasteiger partial charge in [-0.1, -0.05) is 11.6 Å². The van der Waals surface area contributed by atoms with Crippen molar-refractivity contribution in [2.75, 3.05) is 26.7 Å². The highest BCUT2D eigenvalue weighted by atomic mass is 35.5. The molecule has 1 N–H and O–H groups in total. The van der Waals surface area contributed by atoms with E-state index in [4.69, 9.17) is 11.6 Å². The monoisotopic (exact) mass is 320 g/mol. The summed E-state index contributed by atoms with van der Waals surface area (Å²) in [4.78, 5) is 2.19. The van der Waals surface area contributed by atoms with Gasteiger partial charge in [0.25, 0.3) is 0 Å². The zero-order valence-electron chi connectivity index (χ0n) is 12.0. The number of hydrogen-bond donors (Lipinski definition) is 1. The van der Waals surface area contributed by atoms with Crippen LogP contribution in [-0.4, -0.2) is 31.6 Å². The summed E-state index contributed by atoms with van der Waals surface area (Å²) in [5.41, 5.74) is -0.0445. The molecule has 0 amide bonds. The minimum atomic E-state index is -4.35. The van der Waals surface area contributed by atoms with E-state index in [-0.39, 0.29) is 5.02 Å². The van der Waals surface area contributed by atoms with Gasteiger partial charge in [-0.15, -0.1) is 0 Å². The first-order valence-corrected chi connectivity index (χ1v) is 7.50. The molecule has 0 aliphatic carbocycles. The quantitative estimate of drug-likeness (QED) is 0.908. The summed E-state index contributed by atoms with van der Waals surface area (Å²) >= 11 is 5.81. The first kappa shape index (κ1) is 16.6. The molecule has 118 valence electrons. The Balaban J connectivity index is 1.99.